The number of carbonyl (C=O) groups is 7. The first-order valence-corrected chi connectivity index (χ1v) is 9.70. The minimum atomic E-state index is -1.88. The molecule has 0 bridgehead atoms. The van der Waals surface area contributed by atoms with Crippen molar-refractivity contribution in [3.63, 3.8) is 0 Å². The Balaban J connectivity index is 5.63. The highest BCUT2D eigenvalue weighted by Gasteiger charge is 2.32. The first-order chi connectivity index (χ1) is 15.1. The second-order valence-corrected chi connectivity index (χ2v) is 7.42. The van der Waals surface area contributed by atoms with E-state index in [2.05, 4.69) is 10.6 Å². The van der Waals surface area contributed by atoms with Crippen LogP contribution in [0.4, 0.5) is 0 Å². The molecule has 0 aromatic carbocycles. The maximum atomic E-state index is 12.6. The van der Waals surface area contributed by atoms with Crippen molar-refractivity contribution in [1.29, 1.82) is 0 Å². The molecular weight excluding hydrogens is 448 g/mol. The molecule has 15 nitrogen and oxygen atoms in total. The molecule has 9 N–H and O–H groups in total. The van der Waals surface area contributed by atoms with Crippen LogP contribution in [0.3, 0.4) is 0 Å². The van der Waals surface area contributed by atoms with Gasteiger partial charge in [0.15, 0.2) is 0 Å². The molecule has 3 amide bonds. The van der Waals surface area contributed by atoms with E-state index in [0.717, 1.165) is 0 Å². The topological polar surface area (TPSA) is 263 Å². The lowest BCUT2D eigenvalue weighted by Crippen LogP contribution is -2.58. The summed E-state index contributed by atoms with van der Waals surface area (Å²) in [5.41, 5.74) is 5.67. The molecule has 0 radical (unpaired) electrons. The van der Waals surface area contributed by atoms with Crippen molar-refractivity contribution < 1.29 is 54.0 Å². The summed E-state index contributed by atoms with van der Waals surface area (Å²) in [4.78, 5) is 81.2. The van der Waals surface area contributed by atoms with Gasteiger partial charge < -0.3 is 42.1 Å². The standard InChI is InChI=1S/C18H28N4O11/c1-7(2)14(19)17(31)21-9(5-12(25)26)16(30)20-8(3-4-11(23)24)15(29)22-10(18(32)33)6-13(27)28/h7-10,14H,3-6,19H2,1-2H3,(H,20,30)(H,21,31)(H,22,29)(H,23,24)(H,25,26)(H,27,28)(H,32,33). The molecule has 0 aromatic heterocycles. The highest BCUT2D eigenvalue weighted by atomic mass is 16.4. The van der Waals surface area contributed by atoms with Gasteiger partial charge in [-0.3, -0.25) is 28.8 Å². The van der Waals surface area contributed by atoms with Crippen molar-refractivity contribution in [2.45, 2.75) is 63.7 Å². The fourth-order valence-electron chi connectivity index (χ4n) is 2.41. The molecule has 0 rings (SSSR count). The Labute approximate surface area is 187 Å². The molecule has 0 aliphatic carbocycles. The normalized spacial score (nSPS) is 14.3. The summed E-state index contributed by atoms with van der Waals surface area (Å²) in [5, 5.41) is 41.8. The fraction of sp³-hybridized carbons (Fsp3) is 0.611. The van der Waals surface area contributed by atoms with Crippen LogP contribution in [-0.2, 0) is 33.6 Å². The lowest BCUT2D eigenvalue weighted by Gasteiger charge is -2.24. The molecule has 0 aliphatic rings. The van der Waals surface area contributed by atoms with Crippen molar-refractivity contribution in [2.24, 2.45) is 11.7 Å². The first-order valence-electron chi connectivity index (χ1n) is 9.70. The third-order valence-electron chi connectivity index (χ3n) is 4.31. The van der Waals surface area contributed by atoms with Crippen LogP contribution in [0.2, 0.25) is 0 Å². The zero-order chi connectivity index (χ0) is 25.9. The van der Waals surface area contributed by atoms with E-state index in [1.54, 1.807) is 13.8 Å². The summed E-state index contributed by atoms with van der Waals surface area (Å²) in [5.74, 6) is -9.64. The zero-order valence-electron chi connectivity index (χ0n) is 17.9. The molecule has 0 aliphatic heterocycles. The highest BCUT2D eigenvalue weighted by molar-refractivity contribution is 5.96. The average molecular weight is 476 g/mol. The number of aliphatic carboxylic acids is 4. The van der Waals surface area contributed by atoms with Gasteiger partial charge in [-0.05, 0) is 12.3 Å². The SMILES string of the molecule is CC(C)C(N)C(=O)NC(CC(=O)O)C(=O)NC(CCC(=O)O)C(=O)NC(CC(=O)O)C(=O)O. The van der Waals surface area contributed by atoms with Crippen molar-refractivity contribution in [1.82, 2.24) is 16.0 Å². The van der Waals surface area contributed by atoms with E-state index in [0.29, 0.717) is 0 Å². The third-order valence-corrected chi connectivity index (χ3v) is 4.31. The average Bonchev–Trinajstić information content (AvgIpc) is 2.67. The monoisotopic (exact) mass is 476 g/mol. The summed E-state index contributed by atoms with van der Waals surface area (Å²) in [6.45, 7) is 3.22. The first kappa shape index (κ1) is 29.2. The molecule has 4 unspecified atom stereocenters. The predicted molar refractivity (Wildman–Crippen MR) is 108 cm³/mol. The van der Waals surface area contributed by atoms with E-state index in [9.17, 15) is 33.6 Å². The number of amides is 3. The maximum absolute atomic E-state index is 12.6. The zero-order valence-corrected chi connectivity index (χ0v) is 17.9. The molecule has 4 atom stereocenters. The van der Waals surface area contributed by atoms with Gasteiger partial charge in [0.05, 0.1) is 18.9 Å². The molecular formula is C18H28N4O11. The van der Waals surface area contributed by atoms with Gasteiger partial charge in [-0.25, -0.2) is 4.79 Å². The van der Waals surface area contributed by atoms with Crippen LogP contribution in [0.5, 0.6) is 0 Å². The van der Waals surface area contributed by atoms with Crippen LogP contribution in [0.25, 0.3) is 0 Å². The molecule has 0 fully saturated rings. The second-order valence-electron chi connectivity index (χ2n) is 7.42. The van der Waals surface area contributed by atoms with E-state index in [4.69, 9.17) is 26.2 Å². The lowest BCUT2D eigenvalue weighted by atomic mass is 10.0. The molecule has 0 saturated carbocycles. The van der Waals surface area contributed by atoms with Crippen LogP contribution in [-0.4, -0.2) is 86.2 Å². The Morgan fingerprint density at radius 3 is 1.52 bits per heavy atom. The van der Waals surface area contributed by atoms with E-state index in [1.807, 2.05) is 5.32 Å². The van der Waals surface area contributed by atoms with Crippen molar-refractivity contribution >= 4 is 41.6 Å². The molecule has 186 valence electrons. The summed E-state index contributed by atoms with van der Waals surface area (Å²) < 4.78 is 0. The van der Waals surface area contributed by atoms with Gasteiger partial charge in [0.25, 0.3) is 0 Å². The number of carbonyl (C=O) groups excluding carboxylic acids is 3. The number of carboxylic acid groups (broad SMARTS) is 4. The summed E-state index contributed by atoms with van der Waals surface area (Å²) in [7, 11) is 0. The molecule has 15 heteroatoms. The van der Waals surface area contributed by atoms with Gasteiger partial charge in [-0.1, -0.05) is 13.8 Å². The van der Waals surface area contributed by atoms with Gasteiger partial charge >= 0.3 is 23.9 Å². The van der Waals surface area contributed by atoms with Crippen molar-refractivity contribution in [2.75, 3.05) is 0 Å². The lowest BCUT2D eigenvalue weighted by molar-refractivity contribution is -0.147. The number of nitrogens with one attached hydrogen (secondary N) is 3. The molecule has 0 heterocycles. The number of carboxylic acids is 4. The smallest absolute Gasteiger partial charge is 0.326 e. The van der Waals surface area contributed by atoms with Crippen molar-refractivity contribution in [3.8, 4) is 0 Å². The van der Waals surface area contributed by atoms with Crippen LogP contribution in [0.15, 0.2) is 0 Å². The Bertz CT molecular complexity index is 783. The van der Waals surface area contributed by atoms with Crippen LogP contribution >= 0.6 is 0 Å². The molecule has 0 saturated heterocycles. The fourth-order valence-corrected chi connectivity index (χ4v) is 2.41. The van der Waals surface area contributed by atoms with Gasteiger partial charge in [-0.2, -0.15) is 0 Å². The van der Waals surface area contributed by atoms with Crippen LogP contribution in [0.1, 0.15) is 39.5 Å². The second kappa shape index (κ2) is 13.6. The highest BCUT2D eigenvalue weighted by Crippen LogP contribution is 2.05. The minimum Gasteiger partial charge on any atom is -0.481 e. The molecule has 0 aromatic rings. The van der Waals surface area contributed by atoms with Crippen LogP contribution in [0, 0.1) is 5.92 Å². The number of rotatable bonds is 15. The van der Waals surface area contributed by atoms with Gasteiger partial charge in [0, 0.05) is 6.42 Å². The quantitative estimate of drug-likeness (QED) is 0.120. The van der Waals surface area contributed by atoms with Gasteiger partial charge in [0.1, 0.15) is 18.1 Å². The summed E-state index contributed by atoms with van der Waals surface area (Å²) >= 11 is 0. The molecule has 33 heavy (non-hydrogen) atoms. The van der Waals surface area contributed by atoms with Crippen molar-refractivity contribution in [3.05, 3.63) is 0 Å². The third kappa shape index (κ3) is 11.4. The van der Waals surface area contributed by atoms with Gasteiger partial charge in [0.2, 0.25) is 17.7 Å². The molecule has 0 spiro atoms. The van der Waals surface area contributed by atoms with Crippen LogP contribution < -0.4 is 21.7 Å². The maximum Gasteiger partial charge on any atom is 0.326 e. The Hall–Kier alpha value is -3.75. The minimum absolute atomic E-state index is 0.352. The summed E-state index contributed by atoms with van der Waals surface area (Å²) in [6, 6.07) is -6.31. The van der Waals surface area contributed by atoms with Gasteiger partial charge in [-0.15, -0.1) is 0 Å². The van der Waals surface area contributed by atoms with E-state index >= 15 is 0 Å². The Morgan fingerprint density at radius 2 is 1.09 bits per heavy atom. The van der Waals surface area contributed by atoms with E-state index < -0.39 is 91.4 Å². The summed E-state index contributed by atoms with van der Waals surface area (Å²) in [6.07, 6.45) is -3.08. The predicted octanol–water partition coefficient (Wildman–Crippen LogP) is -2.68. The Morgan fingerprint density at radius 1 is 0.667 bits per heavy atom. The number of nitrogens with two attached hydrogens (primary N) is 1. The number of hydrogen-bond donors (Lipinski definition) is 8. The number of hydrogen-bond acceptors (Lipinski definition) is 8. The Kier molecular flexibility index (Phi) is 12.1. The largest absolute Gasteiger partial charge is 0.481 e. The van der Waals surface area contributed by atoms with E-state index in [1.165, 1.54) is 0 Å². The van der Waals surface area contributed by atoms with E-state index in [-0.39, 0.29) is 5.92 Å².